The first-order valence-electron chi connectivity index (χ1n) is 7.84. The van der Waals surface area contributed by atoms with Gasteiger partial charge in [0.05, 0.1) is 12.1 Å². The highest BCUT2D eigenvalue weighted by Crippen LogP contribution is 2.26. The van der Waals surface area contributed by atoms with Gasteiger partial charge in [-0.15, -0.1) is 6.58 Å². The Balaban J connectivity index is 2.08. The van der Waals surface area contributed by atoms with Crippen molar-refractivity contribution in [3.8, 4) is 11.4 Å². The Hall–Kier alpha value is -3.10. The number of aromatic nitrogens is 3. The van der Waals surface area contributed by atoms with E-state index in [0.717, 1.165) is 12.1 Å². The molecule has 1 heterocycles. The monoisotopic (exact) mass is 388 g/mol. The van der Waals surface area contributed by atoms with E-state index in [4.69, 9.17) is 17.4 Å². The number of nitrogens with zero attached hydrogens (tertiary/aromatic N) is 4. The molecule has 3 aromatic rings. The Morgan fingerprint density at radius 3 is 2.37 bits per heavy atom. The zero-order valence-electron chi connectivity index (χ0n) is 14.0. The van der Waals surface area contributed by atoms with Crippen LogP contribution in [0, 0.1) is 11.6 Å². The molecule has 0 spiro atoms. The van der Waals surface area contributed by atoms with Gasteiger partial charge in [0.1, 0.15) is 11.6 Å². The highest BCUT2D eigenvalue weighted by molar-refractivity contribution is 6.30. The number of anilines is 3. The molecule has 1 aromatic heterocycles. The zero-order valence-corrected chi connectivity index (χ0v) is 14.8. The van der Waals surface area contributed by atoms with Crippen LogP contribution >= 0.6 is 11.6 Å². The van der Waals surface area contributed by atoms with Crippen LogP contribution in [0.5, 0.6) is 0 Å². The van der Waals surface area contributed by atoms with Crippen molar-refractivity contribution in [2.24, 2.45) is 5.84 Å². The number of nitrogens with two attached hydrogens (primary N) is 1. The summed E-state index contributed by atoms with van der Waals surface area (Å²) in [4.78, 5) is 12.4. The number of benzene rings is 2. The van der Waals surface area contributed by atoms with Crippen LogP contribution in [0.4, 0.5) is 26.4 Å². The molecule has 3 rings (SSSR count). The number of hydrazine groups is 1. The molecule has 27 heavy (non-hydrogen) atoms. The van der Waals surface area contributed by atoms with Gasteiger partial charge in [-0.05, 0) is 36.4 Å². The van der Waals surface area contributed by atoms with Gasteiger partial charge in [0.15, 0.2) is 5.82 Å². The maximum Gasteiger partial charge on any atom is 0.245 e. The van der Waals surface area contributed by atoms with Gasteiger partial charge >= 0.3 is 0 Å². The molecule has 0 unspecified atom stereocenters. The minimum absolute atomic E-state index is 0.0269. The summed E-state index contributed by atoms with van der Waals surface area (Å²) < 4.78 is 28.4. The second-order valence-corrected chi connectivity index (χ2v) is 5.89. The summed E-state index contributed by atoms with van der Waals surface area (Å²) in [5, 5.41) is 4.69. The number of nitrogens with one attached hydrogen (secondary N) is 1. The van der Waals surface area contributed by atoms with Crippen molar-refractivity contribution in [1.29, 1.82) is 0 Å². The van der Waals surface area contributed by atoms with E-state index in [-0.39, 0.29) is 29.8 Å². The highest BCUT2D eigenvalue weighted by atomic mass is 35.5. The van der Waals surface area contributed by atoms with Gasteiger partial charge in [-0.1, -0.05) is 23.7 Å². The number of rotatable bonds is 6. The van der Waals surface area contributed by atoms with Crippen molar-refractivity contribution in [3.05, 3.63) is 71.8 Å². The normalized spacial score (nSPS) is 10.5. The minimum atomic E-state index is -0.795. The Labute approximate surface area is 159 Å². The molecule has 0 saturated carbocycles. The first-order valence-corrected chi connectivity index (χ1v) is 8.22. The van der Waals surface area contributed by atoms with Crippen molar-refractivity contribution < 1.29 is 8.78 Å². The standard InChI is InChI=1S/C18H15ClF2N6/c1-2-10-27(22)18-25-16(15-13(20)4-3-5-14(15)21)24-17(26-18)23-12-8-6-11(19)7-9-12/h2-9H,1,10,22H2,(H,23,24,25,26). The topological polar surface area (TPSA) is 80.0 Å². The van der Waals surface area contributed by atoms with Crippen LogP contribution in [0.2, 0.25) is 5.02 Å². The summed E-state index contributed by atoms with van der Waals surface area (Å²) in [5.74, 6) is 4.21. The van der Waals surface area contributed by atoms with E-state index < -0.39 is 11.6 Å². The molecule has 0 saturated heterocycles. The molecular weight excluding hydrogens is 374 g/mol. The Morgan fingerprint density at radius 2 is 1.74 bits per heavy atom. The summed E-state index contributed by atoms with van der Waals surface area (Å²) in [5.41, 5.74) is 0.260. The van der Waals surface area contributed by atoms with Crippen molar-refractivity contribution in [3.63, 3.8) is 0 Å². The fourth-order valence-corrected chi connectivity index (χ4v) is 2.38. The molecule has 0 aliphatic heterocycles. The van der Waals surface area contributed by atoms with Crippen LogP contribution in [-0.2, 0) is 0 Å². The Morgan fingerprint density at radius 1 is 1.07 bits per heavy atom. The molecule has 0 aliphatic rings. The molecule has 138 valence electrons. The lowest BCUT2D eigenvalue weighted by Gasteiger charge is -2.16. The third kappa shape index (κ3) is 4.36. The lowest BCUT2D eigenvalue weighted by molar-refractivity contribution is 0.587. The van der Waals surface area contributed by atoms with Gasteiger partial charge in [0, 0.05) is 10.7 Å². The summed E-state index contributed by atoms with van der Waals surface area (Å²) in [7, 11) is 0. The van der Waals surface area contributed by atoms with E-state index in [9.17, 15) is 8.78 Å². The average molecular weight is 389 g/mol. The molecule has 0 aliphatic carbocycles. The van der Waals surface area contributed by atoms with Crippen LogP contribution in [0.15, 0.2) is 55.1 Å². The van der Waals surface area contributed by atoms with Crippen molar-refractivity contribution in [2.45, 2.75) is 0 Å². The second-order valence-electron chi connectivity index (χ2n) is 5.45. The molecule has 9 heteroatoms. The van der Waals surface area contributed by atoms with E-state index in [1.807, 2.05) is 0 Å². The summed E-state index contributed by atoms with van der Waals surface area (Å²) in [6, 6.07) is 10.3. The molecule has 0 atom stereocenters. The van der Waals surface area contributed by atoms with Gasteiger partial charge in [-0.25, -0.2) is 14.6 Å². The van der Waals surface area contributed by atoms with Crippen molar-refractivity contribution >= 4 is 29.2 Å². The number of halogens is 3. The average Bonchev–Trinajstić information content (AvgIpc) is 2.63. The quantitative estimate of drug-likeness (QED) is 0.376. The first-order chi connectivity index (χ1) is 13.0. The predicted molar refractivity (Wildman–Crippen MR) is 102 cm³/mol. The fraction of sp³-hybridized carbons (Fsp3) is 0.0556. The first kappa shape index (κ1) is 18.7. The zero-order chi connectivity index (χ0) is 19.4. The number of hydrogen-bond acceptors (Lipinski definition) is 6. The van der Waals surface area contributed by atoms with E-state index in [0.29, 0.717) is 10.7 Å². The van der Waals surface area contributed by atoms with Gasteiger partial charge in [-0.3, -0.25) is 5.01 Å². The third-order valence-electron chi connectivity index (χ3n) is 3.49. The minimum Gasteiger partial charge on any atom is -0.324 e. The SMILES string of the molecule is C=CCN(N)c1nc(Nc2ccc(Cl)cc2)nc(-c2c(F)cccc2F)n1. The summed E-state index contributed by atoms with van der Waals surface area (Å²) in [6.07, 6.45) is 1.54. The molecule has 0 fully saturated rings. The van der Waals surface area contributed by atoms with Gasteiger partial charge < -0.3 is 5.32 Å². The second kappa shape index (κ2) is 8.07. The van der Waals surface area contributed by atoms with Gasteiger partial charge in [-0.2, -0.15) is 15.0 Å². The molecular formula is C18H15ClF2N6. The van der Waals surface area contributed by atoms with E-state index in [2.05, 4.69) is 26.8 Å². The van der Waals surface area contributed by atoms with E-state index >= 15 is 0 Å². The van der Waals surface area contributed by atoms with Crippen molar-refractivity contribution in [1.82, 2.24) is 15.0 Å². The van der Waals surface area contributed by atoms with E-state index in [1.165, 1.54) is 11.1 Å². The van der Waals surface area contributed by atoms with Crippen LogP contribution in [0.1, 0.15) is 0 Å². The lowest BCUT2D eigenvalue weighted by atomic mass is 10.2. The molecule has 0 radical (unpaired) electrons. The van der Waals surface area contributed by atoms with Gasteiger partial charge in [0.25, 0.3) is 0 Å². The summed E-state index contributed by atoms with van der Waals surface area (Å²) in [6.45, 7) is 3.82. The molecule has 0 bridgehead atoms. The Bertz CT molecular complexity index is 944. The molecule has 6 nitrogen and oxygen atoms in total. The third-order valence-corrected chi connectivity index (χ3v) is 3.75. The van der Waals surface area contributed by atoms with Crippen LogP contribution in [0.3, 0.4) is 0 Å². The van der Waals surface area contributed by atoms with E-state index in [1.54, 1.807) is 30.3 Å². The smallest absolute Gasteiger partial charge is 0.245 e. The van der Waals surface area contributed by atoms with Crippen LogP contribution in [-0.4, -0.2) is 21.5 Å². The molecule has 3 N–H and O–H groups in total. The van der Waals surface area contributed by atoms with Gasteiger partial charge in [0.2, 0.25) is 11.9 Å². The maximum atomic E-state index is 14.2. The van der Waals surface area contributed by atoms with Crippen LogP contribution in [0.25, 0.3) is 11.4 Å². The molecule has 0 amide bonds. The van der Waals surface area contributed by atoms with Crippen molar-refractivity contribution in [2.75, 3.05) is 16.9 Å². The van der Waals surface area contributed by atoms with Crippen LogP contribution < -0.4 is 16.2 Å². The predicted octanol–water partition coefficient (Wildman–Crippen LogP) is 4.08. The highest BCUT2D eigenvalue weighted by Gasteiger charge is 2.18. The molecule has 2 aromatic carbocycles. The fourth-order valence-electron chi connectivity index (χ4n) is 2.26. The Kier molecular flexibility index (Phi) is 5.58. The number of hydrogen-bond donors (Lipinski definition) is 2. The summed E-state index contributed by atoms with van der Waals surface area (Å²) >= 11 is 5.87. The maximum absolute atomic E-state index is 14.2. The largest absolute Gasteiger partial charge is 0.324 e. The lowest BCUT2D eigenvalue weighted by Crippen LogP contribution is -2.33.